The molecule has 0 atom stereocenters. The van der Waals surface area contributed by atoms with E-state index >= 15 is 0 Å². The zero-order chi connectivity index (χ0) is 16.9. The van der Waals surface area contributed by atoms with Gasteiger partial charge in [0.2, 0.25) is 15.9 Å². The average molecular weight is 343 g/mol. The maximum Gasteiger partial charge on any atom is 0.243 e. The molecule has 2 rings (SSSR count). The Hall–Kier alpha value is -1.51. The number of nitrogens with zero attached hydrogens (tertiary/aromatic N) is 2. The van der Waals surface area contributed by atoms with Crippen LogP contribution in [0.15, 0.2) is 29.2 Å². The zero-order valence-electron chi connectivity index (χ0n) is 13.2. The van der Waals surface area contributed by atoms with Crippen LogP contribution in [0.3, 0.4) is 0 Å². The molecule has 0 radical (unpaired) electrons. The Bertz CT molecular complexity index is 626. The molecule has 1 aromatic carbocycles. The van der Waals surface area contributed by atoms with E-state index in [0.717, 1.165) is 25.1 Å². The van der Waals surface area contributed by atoms with Gasteiger partial charge in [-0.15, -0.1) is 0 Å². The van der Waals surface area contributed by atoms with Crippen LogP contribution in [-0.4, -0.2) is 63.3 Å². The van der Waals surface area contributed by atoms with E-state index < -0.39 is 15.8 Å². The van der Waals surface area contributed by atoms with Crippen molar-refractivity contribution in [1.29, 1.82) is 0 Å². The van der Waals surface area contributed by atoms with Crippen LogP contribution in [0.25, 0.3) is 0 Å². The molecule has 6 nitrogen and oxygen atoms in total. The van der Waals surface area contributed by atoms with E-state index in [-0.39, 0.29) is 23.9 Å². The van der Waals surface area contributed by atoms with E-state index in [4.69, 9.17) is 0 Å². The second-order valence-electron chi connectivity index (χ2n) is 5.45. The number of carbonyl (C=O) groups excluding carboxylic acids is 1. The highest BCUT2D eigenvalue weighted by molar-refractivity contribution is 7.89. The van der Waals surface area contributed by atoms with Gasteiger partial charge in [0.15, 0.2) is 0 Å². The number of carbonyl (C=O) groups is 1. The van der Waals surface area contributed by atoms with Crippen LogP contribution in [0.5, 0.6) is 0 Å². The summed E-state index contributed by atoms with van der Waals surface area (Å²) in [5.41, 5.74) is 0. The first-order valence-electron chi connectivity index (χ1n) is 7.63. The van der Waals surface area contributed by atoms with Gasteiger partial charge in [0.1, 0.15) is 5.82 Å². The van der Waals surface area contributed by atoms with Crippen molar-refractivity contribution in [2.45, 2.75) is 17.7 Å². The molecule has 0 aromatic heterocycles. The molecule has 1 N–H and O–H groups in total. The maximum atomic E-state index is 12.9. The van der Waals surface area contributed by atoms with Crippen molar-refractivity contribution >= 4 is 15.9 Å². The van der Waals surface area contributed by atoms with Crippen molar-refractivity contribution in [1.82, 2.24) is 14.5 Å². The second kappa shape index (κ2) is 7.85. The fourth-order valence-electron chi connectivity index (χ4n) is 2.51. The smallest absolute Gasteiger partial charge is 0.243 e. The summed E-state index contributed by atoms with van der Waals surface area (Å²) in [7, 11) is -1.79. The van der Waals surface area contributed by atoms with E-state index in [2.05, 4.69) is 5.32 Å². The molecule has 0 unspecified atom stereocenters. The molecule has 0 spiro atoms. The molecule has 1 aromatic rings. The van der Waals surface area contributed by atoms with Crippen LogP contribution < -0.4 is 5.32 Å². The van der Waals surface area contributed by atoms with Gasteiger partial charge in [-0.1, -0.05) is 0 Å². The van der Waals surface area contributed by atoms with Crippen LogP contribution in [-0.2, 0) is 14.8 Å². The van der Waals surface area contributed by atoms with Gasteiger partial charge in [-0.2, -0.15) is 4.31 Å². The monoisotopic (exact) mass is 343 g/mol. The molecular weight excluding hydrogens is 321 g/mol. The predicted octanol–water partition coefficient (Wildman–Crippen LogP) is 0.658. The minimum Gasteiger partial charge on any atom is -0.340 e. The Morgan fingerprint density at radius 2 is 1.78 bits per heavy atom. The predicted molar refractivity (Wildman–Crippen MR) is 84.9 cm³/mol. The number of benzene rings is 1. The summed E-state index contributed by atoms with van der Waals surface area (Å²) in [6, 6.07) is 4.79. The summed E-state index contributed by atoms with van der Waals surface area (Å²) in [4.78, 5) is 13.8. The molecular formula is C15H22FN3O3S. The summed E-state index contributed by atoms with van der Waals surface area (Å²) in [6.07, 6.45) is 1.23. The van der Waals surface area contributed by atoms with Crippen LogP contribution >= 0.6 is 0 Å². The van der Waals surface area contributed by atoms with Crippen LogP contribution in [0.4, 0.5) is 4.39 Å². The minimum atomic E-state index is -3.63. The third-order valence-corrected chi connectivity index (χ3v) is 5.77. The standard InChI is InChI=1S/C15H22FN3O3S/c1-17-8-2-3-15(20)18-9-11-19(12-10-18)23(21,22)14-6-4-13(16)5-7-14/h4-7,17H,2-3,8-12H2,1H3. The lowest BCUT2D eigenvalue weighted by molar-refractivity contribution is -0.132. The van der Waals surface area contributed by atoms with Crippen molar-refractivity contribution in [2.75, 3.05) is 39.8 Å². The van der Waals surface area contributed by atoms with E-state index in [0.29, 0.717) is 19.5 Å². The van der Waals surface area contributed by atoms with E-state index in [9.17, 15) is 17.6 Å². The van der Waals surface area contributed by atoms with Crippen molar-refractivity contribution in [3.8, 4) is 0 Å². The molecule has 0 saturated carbocycles. The number of amides is 1. The van der Waals surface area contributed by atoms with Crippen molar-refractivity contribution in [3.05, 3.63) is 30.1 Å². The lowest BCUT2D eigenvalue weighted by Gasteiger charge is -2.34. The number of hydrogen-bond acceptors (Lipinski definition) is 4. The summed E-state index contributed by atoms with van der Waals surface area (Å²) in [5, 5.41) is 2.99. The lowest BCUT2D eigenvalue weighted by atomic mass is 10.2. The topological polar surface area (TPSA) is 69.7 Å². The van der Waals surface area contributed by atoms with Gasteiger partial charge < -0.3 is 10.2 Å². The highest BCUT2D eigenvalue weighted by atomic mass is 32.2. The zero-order valence-corrected chi connectivity index (χ0v) is 14.0. The fourth-order valence-corrected chi connectivity index (χ4v) is 3.93. The number of hydrogen-bond donors (Lipinski definition) is 1. The third kappa shape index (κ3) is 4.49. The largest absolute Gasteiger partial charge is 0.340 e. The Balaban J connectivity index is 1.93. The Labute approximate surface area is 136 Å². The first-order valence-corrected chi connectivity index (χ1v) is 9.07. The molecule has 23 heavy (non-hydrogen) atoms. The summed E-state index contributed by atoms with van der Waals surface area (Å²) in [5.74, 6) is -0.417. The molecule has 1 heterocycles. The number of rotatable bonds is 6. The molecule has 1 saturated heterocycles. The van der Waals surface area contributed by atoms with Gasteiger partial charge in [-0.25, -0.2) is 12.8 Å². The Kier molecular flexibility index (Phi) is 6.09. The second-order valence-corrected chi connectivity index (χ2v) is 7.38. The SMILES string of the molecule is CNCCCC(=O)N1CCN(S(=O)(=O)c2ccc(F)cc2)CC1. The van der Waals surface area contributed by atoms with Gasteiger partial charge in [0, 0.05) is 32.6 Å². The summed E-state index contributed by atoms with van der Waals surface area (Å²) >= 11 is 0. The molecule has 8 heteroatoms. The molecule has 1 fully saturated rings. The lowest BCUT2D eigenvalue weighted by Crippen LogP contribution is -2.50. The highest BCUT2D eigenvalue weighted by Gasteiger charge is 2.29. The minimum absolute atomic E-state index is 0.0547. The molecule has 1 aliphatic heterocycles. The number of sulfonamides is 1. The number of nitrogens with one attached hydrogen (secondary N) is 1. The molecule has 128 valence electrons. The molecule has 1 aliphatic rings. The van der Waals surface area contributed by atoms with Gasteiger partial charge >= 0.3 is 0 Å². The van der Waals surface area contributed by atoms with E-state index in [1.54, 1.807) is 4.90 Å². The third-order valence-electron chi connectivity index (χ3n) is 3.86. The van der Waals surface area contributed by atoms with E-state index in [1.807, 2.05) is 7.05 Å². The molecule has 1 amide bonds. The maximum absolute atomic E-state index is 12.9. The van der Waals surface area contributed by atoms with Crippen LogP contribution in [0.2, 0.25) is 0 Å². The molecule has 0 bridgehead atoms. The van der Waals surface area contributed by atoms with Crippen molar-refractivity contribution < 1.29 is 17.6 Å². The first kappa shape index (κ1) is 17.8. The Morgan fingerprint density at radius 3 is 2.35 bits per heavy atom. The van der Waals surface area contributed by atoms with Crippen LogP contribution in [0, 0.1) is 5.82 Å². The fraction of sp³-hybridized carbons (Fsp3) is 0.533. The normalized spacial score (nSPS) is 16.5. The Morgan fingerprint density at radius 1 is 1.17 bits per heavy atom. The first-order chi connectivity index (χ1) is 10.9. The van der Waals surface area contributed by atoms with Gasteiger partial charge in [-0.05, 0) is 44.3 Å². The molecule has 0 aliphatic carbocycles. The average Bonchev–Trinajstić information content (AvgIpc) is 2.55. The van der Waals surface area contributed by atoms with Gasteiger partial charge in [0.25, 0.3) is 0 Å². The highest BCUT2D eigenvalue weighted by Crippen LogP contribution is 2.18. The van der Waals surface area contributed by atoms with Gasteiger partial charge in [0.05, 0.1) is 4.90 Å². The number of halogens is 1. The van der Waals surface area contributed by atoms with Crippen LogP contribution in [0.1, 0.15) is 12.8 Å². The van der Waals surface area contributed by atoms with Gasteiger partial charge in [-0.3, -0.25) is 4.79 Å². The summed E-state index contributed by atoms with van der Waals surface area (Å²) < 4.78 is 39.2. The summed E-state index contributed by atoms with van der Waals surface area (Å²) in [6.45, 7) is 2.08. The number of piperazine rings is 1. The van der Waals surface area contributed by atoms with E-state index in [1.165, 1.54) is 16.4 Å². The van der Waals surface area contributed by atoms with Crippen molar-refractivity contribution in [3.63, 3.8) is 0 Å². The quantitative estimate of drug-likeness (QED) is 0.771. The van der Waals surface area contributed by atoms with Crippen molar-refractivity contribution in [2.24, 2.45) is 0 Å².